The Labute approximate surface area is 185 Å². The van der Waals surface area contributed by atoms with Crippen LogP contribution in [0.15, 0.2) is 27.6 Å². The van der Waals surface area contributed by atoms with Crippen molar-refractivity contribution in [3.05, 3.63) is 28.2 Å². The number of ether oxygens (including phenoxy) is 2. The summed E-state index contributed by atoms with van der Waals surface area (Å²) in [6, 6.07) is 4.23. The number of halogens is 1. The molecule has 1 N–H and O–H groups in total. The molecule has 0 atom stereocenters. The lowest BCUT2D eigenvalue weighted by Crippen LogP contribution is -2.40. The second-order valence-electron chi connectivity index (χ2n) is 7.55. The number of nitrogens with one attached hydrogen (secondary N) is 1. The monoisotopic (exact) mass is 502 g/mol. The molecule has 1 saturated carbocycles. The Morgan fingerprint density at radius 3 is 2.57 bits per heavy atom. The number of hydrogen-bond donors (Lipinski definition) is 1. The van der Waals surface area contributed by atoms with Crippen LogP contribution >= 0.6 is 15.9 Å². The zero-order chi connectivity index (χ0) is 21.6. The van der Waals surface area contributed by atoms with Gasteiger partial charge in [0.2, 0.25) is 10.0 Å². The van der Waals surface area contributed by atoms with Gasteiger partial charge in [0.15, 0.2) is 6.61 Å². The van der Waals surface area contributed by atoms with Gasteiger partial charge in [0, 0.05) is 24.1 Å². The van der Waals surface area contributed by atoms with E-state index in [2.05, 4.69) is 21.2 Å². The minimum atomic E-state index is -3.78. The van der Waals surface area contributed by atoms with Crippen molar-refractivity contribution in [2.24, 2.45) is 5.92 Å². The van der Waals surface area contributed by atoms with Crippen LogP contribution < -0.4 is 5.32 Å². The number of hydrogen-bond acceptors (Lipinski definition) is 6. The minimum absolute atomic E-state index is 0.0133. The van der Waals surface area contributed by atoms with Crippen LogP contribution in [0.5, 0.6) is 0 Å². The molecule has 2 fully saturated rings. The molecule has 1 aromatic carbocycles. The van der Waals surface area contributed by atoms with Gasteiger partial charge >= 0.3 is 5.97 Å². The SMILES string of the molecule is O=C(COC(=O)c1ccc(Br)c(S(=O)(=O)N2CCOCC2)c1)NCC1CCCCC1. The van der Waals surface area contributed by atoms with Gasteiger partial charge in [0.05, 0.1) is 23.7 Å². The lowest BCUT2D eigenvalue weighted by molar-refractivity contribution is -0.124. The molecule has 10 heteroatoms. The first-order valence-electron chi connectivity index (χ1n) is 10.2. The van der Waals surface area contributed by atoms with Gasteiger partial charge in [-0.05, 0) is 52.9 Å². The van der Waals surface area contributed by atoms with Gasteiger partial charge in [0.25, 0.3) is 5.91 Å². The van der Waals surface area contributed by atoms with Crippen molar-refractivity contribution in [1.29, 1.82) is 0 Å². The molecular formula is C20H27BrN2O6S. The molecule has 2 aliphatic rings. The third-order valence-corrected chi connectivity index (χ3v) is 8.29. The van der Waals surface area contributed by atoms with Gasteiger partial charge in [0.1, 0.15) is 0 Å². The second kappa shape index (κ2) is 10.7. The average molecular weight is 503 g/mol. The number of nitrogens with zero attached hydrogens (tertiary/aromatic N) is 1. The van der Waals surface area contributed by atoms with Crippen LogP contribution in [0.3, 0.4) is 0 Å². The van der Waals surface area contributed by atoms with Crippen molar-refractivity contribution >= 4 is 37.8 Å². The van der Waals surface area contributed by atoms with E-state index < -0.39 is 22.6 Å². The first kappa shape index (κ1) is 23.2. The summed E-state index contributed by atoms with van der Waals surface area (Å²) < 4.78 is 37.8. The van der Waals surface area contributed by atoms with E-state index in [9.17, 15) is 18.0 Å². The molecule has 1 aliphatic carbocycles. The number of rotatable bonds is 7. The molecule has 30 heavy (non-hydrogen) atoms. The number of carbonyl (C=O) groups excluding carboxylic acids is 2. The maximum absolute atomic E-state index is 12.9. The van der Waals surface area contributed by atoms with Gasteiger partial charge in [-0.1, -0.05) is 19.3 Å². The van der Waals surface area contributed by atoms with Crippen LogP contribution in [-0.2, 0) is 24.3 Å². The molecule has 0 spiro atoms. The molecule has 166 valence electrons. The Balaban J connectivity index is 1.58. The summed E-state index contributed by atoms with van der Waals surface area (Å²) in [5.41, 5.74) is 0.0742. The van der Waals surface area contributed by atoms with Crippen molar-refractivity contribution in [2.75, 3.05) is 39.5 Å². The molecule has 0 aromatic heterocycles. The maximum Gasteiger partial charge on any atom is 0.338 e. The second-order valence-corrected chi connectivity index (χ2v) is 10.3. The largest absolute Gasteiger partial charge is 0.452 e. The highest BCUT2D eigenvalue weighted by atomic mass is 79.9. The van der Waals surface area contributed by atoms with Crippen LogP contribution in [0.4, 0.5) is 0 Å². The van der Waals surface area contributed by atoms with Gasteiger partial charge in [-0.25, -0.2) is 13.2 Å². The lowest BCUT2D eigenvalue weighted by Gasteiger charge is -2.26. The van der Waals surface area contributed by atoms with E-state index in [0.717, 1.165) is 12.8 Å². The van der Waals surface area contributed by atoms with Crippen LogP contribution in [0.2, 0.25) is 0 Å². The van der Waals surface area contributed by atoms with E-state index in [-0.39, 0.29) is 29.5 Å². The quantitative estimate of drug-likeness (QED) is 0.574. The van der Waals surface area contributed by atoms with Crippen molar-refractivity contribution in [2.45, 2.75) is 37.0 Å². The molecule has 0 bridgehead atoms. The van der Waals surface area contributed by atoms with Gasteiger partial charge in [-0.15, -0.1) is 0 Å². The Kier molecular flexibility index (Phi) is 8.27. The zero-order valence-electron chi connectivity index (χ0n) is 16.8. The summed E-state index contributed by atoms with van der Waals surface area (Å²) in [5.74, 6) is -0.612. The van der Waals surface area contributed by atoms with E-state index in [1.807, 2.05) is 0 Å². The summed E-state index contributed by atoms with van der Waals surface area (Å²) in [6.45, 7) is 1.36. The van der Waals surface area contributed by atoms with Crippen molar-refractivity contribution < 1.29 is 27.5 Å². The van der Waals surface area contributed by atoms with Crippen molar-refractivity contribution in [3.8, 4) is 0 Å². The van der Waals surface area contributed by atoms with E-state index >= 15 is 0 Å². The van der Waals surface area contributed by atoms with E-state index in [1.165, 1.54) is 41.8 Å². The predicted octanol–water partition coefficient (Wildman–Crippen LogP) is 2.32. The standard InChI is InChI=1S/C20H27BrN2O6S/c21-17-7-6-16(12-18(17)30(26,27)23-8-10-28-11-9-23)20(25)29-14-19(24)22-13-15-4-2-1-3-5-15/h6-7,12,15H,1-5,8-11,13-14H2,(H,22,24). The lowest BCUT2D eigenvalue weighted by atomic mass is 9.89. The predicted molar refractivity (Wildman–Crippen MR) is 114 cm³/mol. The Bertz CT molecular complexity index is 864. The number of sulfonamides is 1. The van der Waals surface area contributed by atoms with Crippen LogP contribution in [0, 0.1) is 5.92 Å². The van der Waals surface area contributed by atoms with Crippen LogP contribution in [0.1, 0.15) is 42.5 Å². The molecule has 0 radical (unpaired) electrons. The summed E-state index contributed by atoms with van der Waals surface area (Å²) in [6.07, 6.45) is 5.85. The summed E-state index contributed by atoms with van der Waals surface area (Å²) >= 11 is 3.25. The topological polar surface area (TPSA) is 102 Å². The average Bonchev–Trinajstić information content (AvgIpc) is 2.77. The molecule has 8 nitrogen and oxygen atoms in total. The number of benzene rings is 1. The van der Waals surface area contributed by atoms with Crippen LogP contribution in [0.25, 0.3) is 0 Å². The Morgan fingerprint density at radius 1 is 1.17 bits per heavy atom. The fourth-order valence-corrected chi connectivity index (χ4v) is 6.03. The van der Waals surface area contributed by atoms with E-state index in [1.54, 1.807) is 0 Å². The minimum Gasteiger partial charge on any atom is -0.452 e. The summed E-state index contributed by atoms with van der Waals surface area (Å²) in [7, 11) is -3.78. The molecule has 1 aliphatic heterocycles. The van der Waals surface area contributed by atoms with Gasteiger partial charge in [-0.3, -0.25) is 4.79 Å². The third-order valence-electron chi connectivity index (χ3n) is 5.40. The van der Waals surface area contributed by atoms with Crippen LogP contribution in [-0.4, -0.2) is 64.1 Å². The first-order valence-corrected chi connectivity index (χ1v) is 12.4. The smallest absolute Gasteiger partial charge is 0.338 e. The Hall–Kier alpha value is -1.49. The fraction of sp³-hybridized carbons (Fsp3) is 0.600. The highest BCUT2D eigenvalue weighted by Gasteiger charge is 2.29. The molecule has 1 amide bonds. The molecule has 0 unspecified atom stereocenters. The molecule has 3 rings (SSSR count). The molecule has 1 saturated heterocycles. The normalized spacial score (nSPS) is 18.7. The highest BCUT2D eigenvalue weighted by molar-refractivity contribution is 9.10. The van der Waals surface area contributed by atoms with Crippen molar-refractivity contribution in [3.63, 3.8) is 0 Å². The zero-order valence-corrected chi connectivity index (χ0v) is 19.2. The molecule has 1 aromatic rings. The molecular weight excluding hydrogens is 476 g/mol. The fourth-order valence-electron chi connectivity index (χ4n) is 3.67. The third kappa shape index (κ3) is 6.03. The summed E-state index contributed by atoms with van der Waals surface area (Å²) in [4.78, 5) is 24.4. The number of carbonyl (C=O) groups is 2. The Morgan fingerprint density at radius 2 is 1.87 bits per heavy atom. The molecule has 1 heterocycles. The van der Waals surface area contributed by atoms with Gasteiger partial charge < -0.3 is 14.8 Å². The number of amides is 1. The first-order chi connectivity index (χ1) is 14.4. The highest BCUT2D eigenvalue weighted by Crippen LogP contribution is 2.27. The maximum atomic E-state index is 12.9. The number of esters is 1. The van der Waals surface area contributed by atoms with E-state index in [4.69, 9.17) is 9.47 Å². The number of morpholine rings is 1. The summed E-state index contributed by atoms with van der Waals surface area (Å²) in [5, 5.41) is 2.81. The van der Waals surface area contributed by atoms with E-state index in [0.29, 0.717) is 30.1 Å². The van der Waals surface area contributed by atoms with Gasteiger partial charge in [-0.2, -0.15) is 4.31 Å². The van der Waals surface area contributed by atoms with Crippen molar-refractivity contribution in [1.82, 2.24) is 9.62 Å².